The number of carboxylic acid groups (broad SMARTS) is 1. The van der Waals surface area contributed by atoms with E-state index >= 15 is 0 Å². The van der Waals surface area contributed by atoms with Crippen molar-refractivity contribution in [1.29, 1.82) is 0 Å². The maximum atomic E-state index is 11.6. The van der Waals surface area contributed by atoms with Gasteiger partial charge in [0.05, 0.1) is 10.7 Å². The lowest BCUT2D eigenvalue weighted by molar-refractivity contribution is -0.145. The molecule has 0 aromatic heterocycles. The zero-order valence-corrected chi connectivity index (χ0v) is 12.6. The summed E-state index contributed by atoms with van der Waals surface area (Å²) < 4.78 is 0.898. The molecule has 3 nitrogen and oxygen atoms in total. The van der Waals surface area contributed by atoms with Crippen LogP contribution in [0.5, 0.6) is 0 Å². The number of carboxylic acids is 1. The van der Waals surface area contributed by atoms with E-state index < -0.39 is 11.9 Å². The molecule has 0 spiro atoms. The molecule has 1 aromatic carbocycles. The molecular formula is C13H12Br2O3. The van der Waals surface area contributed by atoms with E-state index in [0.29, 0.717) is 6.42 Å². The first-order valence-corrected chi connectivity index (χ1v) is 7.35. The minimum absolute atomic E-state index is 0.0225. The SMILES string of the molecule is O=C1C[C@@H](C(=O)O)[C@H](c2ccccc2Br)C[C@H]1Br. The predicted molar refractivity (Wildman–Crippen MR) is 75.0 cm³/mol. The molecule has 1 fully saturated rings. The van der Waals surface area contributed by atoms with Crippen LogP contribution < -0.4 is 0 Å². The highest BCUT2D eigenvalue weighted by Crippen LogP contribution is 2.41. The van der Waals surface area contributed by atoms with Crippen molar-refractivity contribution in [3.63, 3.8) is 0 Å². The number of halogens is 2. The number of aliphatic carboxylic acids is 1. The van der Waals surface area contributed by atoms with Gasteiger partial charge in [0.15, 0.2) is 0 Å². The summed E-state index contributed by atoms with van der Waals surface area (Å²) in [7, 11) is 0. The van der Waals surface area contributed by atoms with Crippen molar-refractivity contribution in [3.05, 3.63) is 34.3 Å². The second-order valence-electron chi connectivity index (χ2n) is 4.45. The molecule has 5 heteroatoms. The van der Waals surface area contributed by atoms with E-state index in [0.717, 1.165) is 10.0 Å². The lowest BCUT2D eigenvalue weighted by atomic mass is 9.75. The molecule has 1 N–H and O–H groups in total. The third-order valence-electron chi connectivity index (χ3n) is 3.34. The first kappa shape index (κ1) is 13.7. The van der Waals surface area contributed by atoms with Crippen molar-refractivity contribution in [1.82, 2.24) is 0 Å². The molecule has 0 unspecified atom stereocenters. The monoisotopic (exact) mass is 374 g/mol. The molecule has 1 saturated carbocycles. The van der Waals surface area contributed by atoms with Crippen LogP contribution in [0, 0.1) is 5.92 Å². The Morgan fingerprint density at radius 2 is 2.00 bits per heavy atom. The van der Waals surface area contributed by atoms with Crippen LogP contribution in [0.15, 0.2) is 28.7 Å². The van der Waals surface area contributed by atoms with Crippen LogP contribution in [0.2, 0.25) is 0 Å². The minimum Gasteiger partial charge on any atom is -0.481 e. The zero-order chi connectivity index (χ0) is 13.3. The topological polar surface area (TPSA) is 54.4 Å². The zero-order valence-electron chi connectivity index (χ0n) is 9.48. The molecule has 96 valence electrons. The van der Waals surface area contributed by atoms with Gasteiger partial charge in [-0.1, -0.05) is 50.1 Å². The number of hydrogen-bond acceptors (Lipinski definition) is 2. The van der Waals surface area contributed by atoms with Gasteiger partial charge in [0.25, 0.3) is 0 Å². The number of rotatable bonds is 2. The first-order chi connectivity index (χ1) is 8.50. The average Bonchev–Trinajstić information content (AvgIpc) is 2.32. The van der Waals surface area contributed by atoms with E-state index in [9.17, 15) is 14.7 Å². The van der Waals surface area contributed by atoms with E-state index in [1.165, 1.54) is 0 Å². The molecule has 0 radical (unpaired) electrons. The average molecular weight is 376 g/mol. The molecule has 3 atom stereocenters. The molecular weight excluding hydrogens is 364 g/mol. The number of Topliss-reactive ketones (excluding diaryl/α,β-unsaturated/α-hetero) is 1. The third kappa shape index (κ3) is 2.67. The first-order valence-electron chi connectivity index (χ1n) is 5.64. The summed E-state index contributed by atoms with van der Waals surface area (Å²) >= 11 is 6.79. The second kappa shape index (κ2) is 5.53. The van der Waals surface area contributed by atoms with E-state index in [4.69, 9.17) is 0 Å². The van der Waals surface area contributed by atoms with Gasteiger partial charge in [-0.05, 0) is 18.1 Å². The van der Waals surface area contributed by atoms with Crippen LogP contribution in [0.1, 0.15) is 24.3 Å². The Labute approximate surface area is 122 Å². The molecule has 0 saturated heterocycles. The normalized spacial score (nSPS) is 28.1. The lowest BCUT2D eigenvalue weighted by Crippen LogP contribution is -2.35. The smallest absolute Gasteiger partial charge is 0.307 e. The van der Waals surface area contributed by atoms with Gasteiger partial charge in [-0.2, -0.15) is 0 Å². The Kier molecular flexibility index (Phi) is 4.22. The van der Waals surface area contributed by atoms with Gasteiger partial charge < -0.3 is 5.11 Å². The van der Waals surface area contributed by atoms with E-state index in [1.54, 1.807) is 0 Å². The number of alkyl halides is 1. The highest BCUT2D eigenvalue weighted by molar-refractivity contribution is 9.10. The van der Waals surface area contributed by atoms with Gasteiger partial charge in [-0.15, -0.1) is 0 Å². The van der Waals surface area contributed by atoms with Crippen LogP contribution in [-0.2, 0) is 9.59 Å². The van der Waals surface area contributed by atoms with Gasteiger partial charge in [0.2, 0.25) is 0 Å². The largest absolute Gasteiger partial charge is 0.481 e. The fourth-order valence-corrected chi connectivity index (χ4v) is 3.55. The summed E-state index contributed by atoms with van der Waals surface area (Å²) in [5.41, 5.74) is 0.960. The maximum absolute atomic E-state index is 11.6. The summed E-state index contributed by atoms with van der Waals surface area (Å²) in [6.07, 6.45) is 0.621. The van der Waals surface area contributed by atoms with Gasteiger partial charge in [0.1, 0.15) is 5.78 Å². The Morgan fingerprint density at radius 1 is 1.33 bits per heavy atom. The van der Waals surface area contributed by atoms with E-state index in [2.05, 4.69) is 31.9 Å². The van der Waals surface area contributed by atoms with Crippen LogP contribution in [0.4, 0.5) is 0 Å². The van der Waals surface area contributed by atoms with Crippen molar-refractivity contribution in [2.24, 2.45) is 5.92 Å². The molecule has 0 amide bonds. The highest BCUT2D eigenvalue weighted by Gasteiger charge is 2.40. The Hall–Kier alpha value is -0.680. The molecule has 0 heterocycles. The Morgan fingerprint density at radius 3 is 2.61 bits per heavy atom. The minimum atomic E-state index is -0.900. The molecule has 0 bridgehead atoms. The Balaban J connectivity index is 2.37. The highest BCUT2D eigenvalue weighted by atomic mass is 79.9. The molecule has 18 heavy (non-hydrogen) atoms. The number of carbonyl (C=O) groups is 2. The number of benzene rings is 1. The van der Waals surface area contributed by atoms with E-state index in [1.807, 2.05) is 24.3 Å². The lowest BCUT2D eigenvalue weighted by Gasteiger charge is -2.31. The summed E-state index contributed by atoms with van der Waals surface area (Å²) in [5, 5.41) is 9.28. The van der Waals surface area contributed by atoms with E-state index in [-0.39, 0.29) is 22.9 Å². The predicted octanol–water partition coefficient (Wildman–Crippen LogP) is 3.36. The summed E-state index contributed by atoms with van der Waals surface area (Å²) in [4.78, 5) is 22.7. The van der Waals surface area contributed by atoms with Gasteiger partial charge >= 0.3 is 5.97 Å². The van der Waals surface area contributed by atoms with Crippen LogP contribution >= 0.6 is 31.9 Å². The van der Waals surface area contributed by atoms with Crippen molar-refractivity contribution < 1.29 is 14.7 Å². The maximum Gasteiger partial charge on any atom is 0.307 e. The number of hydrogen-bond donors (Lipinski definition) is 1. The van der Waals surface area contributed by atoms with Crippen molar-refractivity contribution in [2.75, 3.05) is 0 Å². The molecule has 0 aliphatic heterocycles. The van der Waals surface area contributed by atoms with Gasteiger partial charge in [-0.25, -0.2) is 0 Å². The third-order valence-corrected chi connectivity index (χ3v) is 4.95. The quantitative estimate of drug-likeness (QED) is 0.806. The summed E-state index contributed by atoms with van der Waals surface area (Å²) in [6.45, 7) is 0. The van der Waals surface area contributed by atoms with Crippen LogP contribution in [0.3, 0.4) is 0 Å². The van der Waals surface area contributed by atoms with Gasteiger partial charge in [0, 0.05) is 16.8 Å². The molecule has 2 rings (SSSR count). The molecule has 1 aromatic rings. The van der Waals surface area contributed by atoms with Crippen molar-refractivity contribution in [2.45, 2.75) is 23.6 Å². The molecule has 1 aliphatic rings. The standard InChI is InChI=1S/C13H12Br2O3/c14-10-4-2-1-3-7(10)8-5-11(15)12(16)6-9(8)13(17)18/h1-4,8-9,11H,5-6H2,(H,17,18)/t8-,9+,11+/m0/s1. The molecule has 1 aliphatic carbocycles. The van der Waals surface area contributed by atoms with Crippen LogP contribution in [0.25, 0.3) is 0 Å². The van der Waals surface area contributed by atoms with Gasteiger partial charge in [-0.3, -0.25) is 9.59 Å². The second-order valence-corrected chi connectivity index (χ2v) is 6.41. The van der Waals surface area contributed by atoms with Crippen LogP contribution in [-0.4, -0.2) is 21.7 Å². The number of carbonyl (C=O) groups excluding carboxylic acids is 1. The summed E-state index contributed by atoms with van der Waals surface area (Å²) in [5.74, 6) is -1.70. The van der Waals surface area contributed by atoms with Crippen molar-refractivity contribution >= 4 is 43.6 Å². The Bertz CT molecular complexity index is 487. The van der Waals surface area contributed by atoms with Crippen molar-refractivity contribution in [3.8, 4) is 0 Å². The number of ketones is 1. The summed E-state index contributed by atoms with van der Waals surface area (Å²) in [6, 6.07) is 7.59. The fraction of sp³-hybridized carbons (Fsp3) is 0.385. The fourth-order valence-electron chi connectivity index (χ4n) is 2.38.